The van der Waals surface area contributed by atoms with Crippen molar-refractivity contribution >= 4 is 55.7 Å². The van der Waals surface area contributed by atoms with Gasteiger partial charge in [-0.05, 0) is 43.3 Å². The number of thiazole rings is 1. The maximum atomic E-state index is 12.9. The van der Waals surface area contributed by atoms with E-state index in [1.165, 1.54) is 11.3 Å². The molecular weight excluding hydrogens is 407 g/mol. The van der Waals surface area contributed by atoms with Gasteiger partial charge < -0.3 is 14.8 Å². The molecule has 1 atom stereocenters. The molecule has 0 amide bonds. The van der Waals surface area contributed by atoms with Crippen LogP contribution in [0.5, 0.6) is 5.75 Å². The largest absolute Gasteiger partial charge is 0.460 e. The van der Waals surface area contributed by atoms with Crippen LogP contribution in [0.15, 0.2) is 48.2 Å². The van der Waals surface area contributed by atoms with Gasteiger partial charge in [-0.25, -0.2) is 4.98 Å². The lowest BCUT2D eigenvalue weighted by atomic mass is 10.00. The standard InChI is InChI=1S/C19H14Cl2N2O3S/c1-2-25-18-13(17(24)12-7-10(20)4-6-15(12)26-18)9-22-19-23-14-5-3-11(21)8-16(14)27-19/h3-9,18H,2H2,1H3,(H,22,23). The van der Waals surface area contributed by atoms with Crippen LogP contribution in [0.25, 0.3) is 10.2 Å². The van der Waals surface area contributed by atoms with Crippen LogP contribution in [0.2, 0.25) is 10.0 Å². The number of hydrogen-bond acceptors (Lipinski definition) is 6. The van der Waals surface area contributed by atoms with E-state index in [1.807, 2.05) is 19.1 Å². The van der Waals surface area contributed by atoms with Crippen molar-refractivity contribution in [1.29, 1.82) is 0 Å². The maximum absolute atomic E-state index is 12.9. The first-order valence-electron chi connectivity index (χ1n) is 8.20. The number of hydrogen-bond donors (Lipinski definition) is 1. The van der Waals surface area contributed by atoms with Crippen LogP contribution in [0.1, 0.15) is 17.3 Å². The molecule has 0 aliphatic carbocycles. The van der Waals surface area contributed by atoms with Crippen LogP contribution in [-0.4, -0.2) is 23.7 Å². The van der Waals surface area contributed by atoms with E-state index in [0.29, 0.717) is 38.7 Å². The highest BCUT2D eigenvalue weighted by molar-refractivity contribution is 7.22. The van der Waals surface area contributed by atoms with Gasteiger partial charge >= 0.3 is 0 Å². The molecule has 1 aromatic heterocycles. The summed E-state index contributed by atoms with van der Waals surface area (Å²) in [5.74, 6) is 0.253. The molecule has 3 aromatic rings. The van der Waals surface area contributed by atoms with Gasteiger partial charge in [0.15, 0.2) is 5.13 Å². The predicted octanol–water partition coefficient (Wildman–Crippen LogP) is 5.54. The Balaban J connectivity index is 1.67. The van der Waals surface area contributed by atoms with Crippen LogP contribution >= 0.6 is 34.5 Å². The van der Waals surface area contributed by atoms with Crippen molar-refractivity contribution in [2.45, 2.75) is 13.2 Å². The number of nitrogens with zero attached hydrogens (tertiary/aromatic N) is 1. The highest BCUT2D eigenvalue weighted by atomic mass is 35.5. The number of carbonyl (C=O) groups excluding carboxylic acids is 1. The van der Waals surface area contributed by atoms with E-state index in [-0.39, 0.29) is 5.78 Å². The summed E-state index contributed by atoms with van der Waals surface area (Å²) in [5, 5.41) is 4.83. The van der Waals surface area contributed by atoms with Gasteiger partial charge in [0.1, 0.15) is 5.75 Å². The summed E-state index contributed by atoms with van der Waals surface area (Å²) in [5.41, 5.74) is 1.58. The monoisotopic (exact) mass is 420 g/mol. The first-order chi connectivity index (χ1) is 13.0. The van der Waals surface area contributed by atoms with Gasteiger partial charge in [0.05, 0.1) is 21.4 Å². The Kier molecular flexibility index (Phi) is 5.06. The molecule has 5 nitrogen and oxygen atoms in total. The Hall–Kier alpha value is -2.12. The van der Waals surface area contributed by atoms with Gasteiger partial charge in [0.25, 0.3) is 0 Å². The quantitative estimate of drug-likeness (QED) is 0.561. The number of nitrogens with one attached hydrogen (secondary N) is 1. The molecule has 0 bridgehead atoms. The predicted molar refractivity (Wildman–Crippen MR) is 108 cm³/mol. The molecule has 4 rings (SSSR count). The number of ether oxygens (including phenoxy) is 2. The molecule has 0 saturated heterocycles. The highest BCUT2D eigenvalue weighted by Crippen LogP contribution is 2.34. The minimum absolute atomic E-state index is 0.200. The average molecular weight is 421 g/mol. The molecule has 0 fully saturated rings. The number of Topliss-reactive ketones (excluding diaryl/α,β-unsaturated/α-hetero) is 1. The van der Waals surface area contributed by atoms with Crippen molar-refractivity contribution in [3.05, 3.63) is 63.8 Å². The Morgan fingerprint density at radius 3 is 2.85 bits per heavy atom. The first-order valence-corrected chi connectivity index (χ1v) is 9.77. The number of rotatable bonds is 4. The Bertz CT molecular complexity index is 1060. The van der Waals surface area contributed by atoms with E-state index in [9.17, 15) is 4.79 Å². The van der Waals surface area contributed by atoms with E-state index < -0.39 is 6.29 Å². The fourth-order valence-corrected chi connectivity index (χ4v) is 4.02. The molecule has 1 N–H and O–H groups in total. The van der Waals surface area contributed by atoms with Crippen molar-refractivity contribution in [2.75, 3.05) is 11.9 Å². The first kappa shape index (κ1) is 18.3. The number of fused-ring (bicyclic) bond motifs is 2. The smallest absolute Gasteiger partial charge is 0.232 e. The van der Waals surface area contributed by atoms with Crippen LogP contribution in [-0.2, 0) is 4.74 Å². The summed E-state index contributed by atoms with van der Waals surface area (Å²) in [7, 11) is 0. The highest BCUT2D eigenvalue weighted by Gasteiger charge is 2.32. The number of ketones is 1. The van der Waals surface area contributed by atoms with Gasteiger partial charge in [-0.15, -0.1) is 0 Å². The number of carbonyl (C=O) groups is 1. The minimum Gasteiger partial charge on any atom is -0.460 e. The van der Waals surface area contributed by atoms with Gasteiger partial charge in [-0.3, -0.25) is 4.79 Å². The van der Waals surface area contributed by atoms with E-state index in [4.69, 9.17) is 32.7 Å². The van der Waals surface area contributed by atoms with E-state index in [0.717, 1.165) is 10.2 Å². The van der Waals surface area contributed by atoms with Crippen LogP contribution in [0.4, 0.5) is 5.13 Å². The molecular formula is C19H14Cl2N2O3S. The lowest BCUT2D eigenvalue weighted by Gasteiger charge is -2.27. The molecule has 1 aliphatic heterocycles. The summed E-state index contributed by atoms with van der Waals surface area (Å²) < 4.78 is 12.4. The zero-order chi connectivity index (χ0) is 19.0. The van der Waals surface area contributed by atoms with Crippen molar-refractivity contribution in [1.82, 2.24) is 4.98 Å². The van der Waals surface area contributed by atoms with Gasteiger partial charge in [-0.1, -0.05) is 34.5 Å². The summed E-state index contributed by atoms with van der Waals surface area (Å²) in [6, 6.07) is 10.4. The van der Waals surface area contributed by atoms with Crippen molar-refractivity contribution in [3.63, 3.8) is 0 Å². The van der Waals surface area contributed by atoms with Crippen molar-refractivity contribution < 1.29 is 14.3 Å². The normalized spacial score (nSPS) is 17.8. The third-order valence-electron chi connectivity index (χ3n) is 3.96. The zero-order valence-corrected chi connectivity index (χ0v) is 16.5. The molecule has 0 spiro atoms. The minimum atomic E-state index is -0.799. The number of halogens is 2. The SMILES string of the molecule is CCOC1Oc2ccc(Cl)cc2C(=O)C1=CNc1nc2ccc(Cl)cc2s1. The molecule has 138 valence electrons. The second-order valence-electron chi connectivity index (χ2n) is 5.75. The lowest BCUT2D eigenvalue weighted by Crippen LogP contribution is -2.33. The fraction of sp³-hybridized carbons (Fsp3) is 0.158. The van der Waals surface area contributed by atoms with Crippen LogP contribution in [0.3, 0.4) is 0 Å². The lowest BCUT2D eigenvalue weighted by molar-refractivity contribution is -0.0509. The molecule has 0 radical (unpaired) electrons. The van der Waals surface area contributed by atoms with Crippen molar-refractivity contribution in [3.8, 4) is 5.75 Å². The van der Waals surface area contributed by atoms with E-state index >= 15 is 0 Å². The Morgan fingerprint density at radius 2 is 2.04 bits per heavy atom. The number of benzene rings is 2. The molecule has 2 aromatic carbocycles. The van der Waals surface area contributed by atoms with Gasteiger partial charge in [0.2, 0.25) is 12.1 Å². The second-order valence-corrected chi connectivity index (χ2v) is 7.65. The van der Waals surface area contributed by atoms with Crippen molar-refractivity contribution in [2.24, 2.45) is 0 Å². The summed E-state index contributed by atoms with van der Waals surface area (Å²) in [6.07, 6.45) is 0.777. The van der Waals surface area contributed by atoms with Crippen LogP contribution in [0, 0.1) is 0 Å². The Morgan fingerprint density at radius 1 is 1.26 bits per heavy atom. The summed E-state index contributed by atoms with van der Waals surface area (Å²) in [6.45, 7) is 2.24. The molecule has 27 heavy (non-hydrogen) atoms. The third-order valence-corrected chi connectivity index (χ3v) is 5.38. The fourth-order valence-electron chi connectivity index (χ4n) is 2.73. The third kappa shape index (κ3) is 3.66. The summed E-state index contributed by atoms with van der Waals surface area (Å²) >= 11 is 13.5. The molecule has 1 aliphatic rings. The topological polar surface area (TPSA) is 60.5 Å². The molecule has 8 heteroatoms. The summed E-state index contributed by atoms with van der Waals surface area (Å²) in [4.78, 5) is 17.4. The molecule has 1 unspecified atom stereocenters. The molecule has 2 heterocycles. The van der Waals surface area contributed by atoms with Gasteiger partial charge in [0, 0.05) is 22.9 Å². The zero-order valence-electron chi connectivity index (χ0n) is 14.2. The number of anilines is 1. The molecule has 0 saturated carbocycles. The average Bonchev–Trinajstić information content (AvgIpc) is 3.04. The second kappa shape index (κ2) is 7.48. The van der Waals surface area contributed by atoms with Gasteiger partial charge in [-0.2, -0.15) is 0 Å². The maximum Gasteiger partial charge on any atom is 0.232 e. The van der Waals surface area contributed by atoms with Crippen LogP contribution < -0.4 is 10.1 Å². The number of aromatic nitrogens is 1. The van der Waals surface area contributed by atoms with E-state index in [2.05, 4.69) is 10.3 Å². The van der Waals surface area contributed by atoms with E-state index in [1.54, 1.807) is 30.5 Å². The Labute approximate surface area is 169 Å².